The van der Waals surface area contributed by atoms with E-state index in [1.807, 2.05) is 6.07 Å². The molecule has 0 amide bonds. The molecule has 116 valence electrons. The zero-order valence-corrected chi connectivity index (χ0v) is 13.4. The van der Waals surface area contributed by atoms with Gasteiger partial charge in [-0.05, 0) is 31.5 Å². The molecule has 0 bridgehead atoms. The molecular formula is C19H24N2O. The SMILES string of the molecule is Cc1c(O[C@H](C)c2ccccc2)cccc1N1CCNCC1. The summed E-state index contributed by atoms with van der Waals surface area (Å²) in [4.78, 5) is 2.44. The number of anilines is 1. The van der Waals surface area contributed by atoms with Crippen LogP contribution in [0.3, 0.4) is 0 Å². The fraction of sp³-hybridized carbons (Fsp3) is 0.368. The van der Waals surface area contributed by atoms with Crippen LogP contribution in [0.15, 0.2) is 48.5 Å². The molecule has 0 spiro atoms. The van der Waals surface area contributed by atoms with Gasteiger partial charge in [-0.15, -0.1) is 0 Å². The molecule has 2 aromatic carbocycles. The molecule has 1 atom stereocenters. The van der Waals surface area contributed by atoms with Gasteiger partial charge in [0.05, 0.1) is 0 Å². The van der Waals surface area contributed by atoms with Gasteiger partial charge in [0.15, 0.2) is 0 Å². The molecule has 1 fully saturated rings. The van der Waals surface area contributed by atoms with E-state index in [2.05, 4.69) is 66.5 Å². The molecule has 0 aliphatic carbocycles. The first-order valence-electron chi connectivity index (χ1n) is 8.02. The Morgan fingerprint density at radius 1 is 1.00 bits per heavy atom. The Morgan fingerprint density at radius 2 is 1.73 bits per heavy atom. The highest BCUT2D eigenvalue weighted by atomic mass is 16.5. The van der Waals surface area contributed by atoms with Crippen molar-refractivity contribution in [1.82, 2.24) is 5.32 Å². The van der Waals surface area contributed by atoms with E-state index < -0.39 is 0 Å². The van der Waals surface area contributed by atoms with Crippen molar-refractivity contribution < 1.29 is 4.74 Å². The van der Waals surface area contributed by atoms with Crippen LogP contribution in [0.2, 0.25) is 0 Å². The van der Waals surface area contributed by atoms with Crippen molar-refractivity contribution in [2.24, 2.45) is 0 Å². The predicted octanol–water partition coefficient (Wildman–Crippen LogP) is 3.54. The highest BCUT2D eigenvalue weighted by molar-refractivity contribution is 5.59. The van der Waals surface area contributed by atoms with Crippen LogP contribution in [0, 0.1) is 6.92 Å². The quantitative estimate of drug-likeness (QED) is 0.934. The van der Waals surface area contributed by atoms with Crippen LogP contribution in [-0.2, 0) is 0 Å². The first kappa shape index (κ1) is 14.9. The van der Waals surface area contributed by atoms with Gasteiger partial charge in [-0.2, -0.15) is 0 Å². The first-order chi connectivity index (χ1) is 10.8. The van der Waals surface area contributed by atoms with Crippen molar-refractivity contribution in [2.75, 3.05) is 31.1 Å². The standard InChI is InChI=1S/C19H24N2O/c1-15-18(21-13-11-20-12-14-21)9-6-10-19(15)22-16(2)17-7-4-3-5-8-17/h3-10,16,20H,11-14H2,1-2H3/t16-/m1/s1. The minimum absolute atomic E-state index is 0.0539. The highest BCUT2D eigenvalue weighted by Crippen LogP contribution is 2.31. The van der Waals surface area contributed by atoms with Gasteiger partial charge >= 0.3 is 0 Å². The van der Waals surface area contributed by atoms with Crippen molar-refractivity contribution in [3.63, 3.8) is 0 Å². The molecule has 0 saturated carbocycles. The van der Waals surface area contributed by atoms with Crippen LogP contribution < -0.4 is 15.0 Å². The van der Waals surface area contributed by atoms with Crippen LogP contribution in [0.4, 0.5) is 5.69 Å². The zero-order chi connectivity index (χ0) is 15.4. The number of nitrogens with one attached hydrogen (secondary N) is 1. The van der Waals surface area contributed by atoms with E-state index in [1.54, 1.807) is 0 Å². The van der Waals surface area contributed by atoms with Gasteiger partial charge in [0.1, 0.15) is 11.9 Å². The molecule has 3 rings (SSSR count). The number of benzene rings is 2. The lowest BCUT2D eigenvalue weighted by Gasteiger charge is -2.31. The fourth-order valence-electron chi connectivity index (χ4n) is 2.96. The molecule has 22 heavy (non-hydrogen) atoms. The summed E-state index contributed by atoms with van der Waals surface area (Å²) in [5.74, 6) is 0.979. The van der Waals surface area contributed by atoms with Crippen molar-refractivity contribution in [3.8, 4) is 5.75 Å². The van der Waals surface area contributed by atoms with E-state index in [0.29, 0.717) is 0 Å². The molecule has 1 heterocycles. The van der Waals surface area contributed by atoms with Crippen molar-refractivity contribution in [2.45, 2.75) is 20.0 Å². The Kier molecular flexibility index (Phi) is 4.64. The maximum absolute atomic E-state index is 6.22. The van der Waals surface area contributed by atoms with Crippen LogP contribution >= 0.6 is 0 Å². The average molecular weight is 296 g/mol. The van der Waals surface area contributed by atoms with Gasteiger partial charge in [0.2, 0.25) is 0 Å². The van der Waals surface area contributed by atoms with Crippen molar-refractivity contribution in [3.05, 3.63) is 59.7 Å². The van der Waals surface area contributed by atoms with Gasteiger partial charge < -0.3 is 15.0 Å². The summed E-state index contributed by atoms with van der Waals surface area (Å²) in [6.07, 6.45) is 0.0539. The van der Waals surface area contributed by atoms with Gasteiger partial charge in [0, 0.05) is 37.4 Å². The minimum Gasteiger partial charge on any atom is -0.486 e. The topological polar surface area (TPSA) is 24.5 Å². The largest absolute Gasteiger partial charge is 0.486 e. The number of rotatable bonds is 4. The third-order valence-corrected chi connectivity index (χ3v) is 4.29. The molecule has 0 aromatic heterocycles. The molecule has 3 nitrogen and oxygen atoms in total. The second-order valence-electron chi connectivity index (χ2n) is 5.81. The molecule has 1 aliphatic rings. The smallest absolute Gasteiger partial charge is 0.125 e. The van der Waals surface area contributed by atoms with Crippen LogP contribution in [0.25, 0.3) is 0 Å². The van der Waals surface area contributed by atoms with E-state index in [9.17, 15) is 0 Å². The van der Waals surface area contributed by atoms with Gasteiger partial charge in [0.25, 0.3) is 0 Å². The number of nitrogens with zero attached hydrogens (tertiary/aromatic N) is 1. The minimum atomic E-state index is 0.0539. The second kappa shape index (κ2) is 6.84. The Morgan fingerprint density at radius 3 is 2.45 bits per heavy atom. The second-order valence-corrected chi connectivity index (χ2v) is 5.81. The Labute approximate surface area is 132 Å². The van der Waals surface area contributed by atoms with E-state index in [0.717, 1.165) is 31.9 Å². The maximum atomic E-state index is 6.22. The van der Waals surface area contributed by atoms with E-state index in [1.165, 1.54) is 16.8 Å². The number of piperazine rings is 1. The van der Waals surface area contributed by atoms with Gasteiger partial charge in [-0.3, -0.25) is 0 Å². The summed E-state index contributed by atoms with van der Waals surface area (Å²) < 4.78 is 6.22. The van der Waals surface area contributed by atoms with Crippen molar-refractivity contribution in [1.29, 1.82) is 0 Å². The van der Waals surface area contributed by atoms with Gasteiger partial charge in [-0.25, -0.2) is 0 Å². The van der Waals surface area contributed by atoms with Crippen LogP contribution in [0.5, 0.6) is 5.75 Å². The molecule has 1 aliphatic heterocycles. The average Bonchev–Trinajstić information content (AvgIpc) is 2.58. The third-order valence-electron chi connectivity index (χ3n) is 4.29. The van der Waals surface area contributed by atoms with E-state index in [4.69, 9.17) is 4.74 Å². The Hall–Kier alpha value is -2.00. The summed E-state index contributed by atoms with van der Waals surface area (Å²) in [6.45, 7) is 8.46. The molecule has 1 N–H and O–H groups in total. The third kappa shape index (κ3) is 3.25. The summed E-state index contributed by atoms with van der Waals surface area (Å²) in [5, 5.41) is 3.40. The van der Waals surface area contributed by atoms with E-state index in [-0.39, 0.29) is 6.10 Å². The Balaban J connectivity index is 1.79. The van der Waals surface area contributed by atoms with E-state index >= 15 is 0 Å². The molecule has 3 heteroatoms. The monoisotopic (exact) mass is 296 g/mol. The normalized spacial score (nSPS) is 16.4. The predicted molar refractivity (Wildman–Crippen MR) is 91.7 cm³/mol. The summed E-state index contributed by atoms with van der Waals surface area (Å²) in [6, 6.07) is 16.7. The number of hydrogen-bond acceptors (Lipinski definition) is 3. The highest BCUT2D eigenvalue weighted by Gasteiger charge is 2.16. The lowest BCUT2D eigenvalue weighted by Crippen LogP contribution is -2.43. The summed E-state index contributed by atoms with van der Waals surface area (Å²) in [5.41, 5.74) is 3.72. The van der Waals surface area contributed by atoms with Crippen LogP contribution in [-0.4, -0.2) is 26.2 Å². The lowest BCUT2D eigenvalue weighted by atomic mass is 10.1. The van der Waals surface area contributed by atoms with Gasteiger partial charge in [-0.1, -0.05) is 36.4 Å². The molecule has 2 aromatic rings. The van der Waals surface area contributed by atoms with Crippen LogP contribution in [0.1, 0.15) is 24.2 Å². The summed E-state index contributed by atoms with van der Waals surface area (Å²) in [7, 11) is 0. The first-order valence-corrected chi connectivity index (χ1v) is 8.02. The molecule has 0 unspecified atom stereocenters. The fourth-order valence-corrected chi connectivity index (χ4v) is 2.96. The zero-order valence-electron chi connectivity index (χ0n) is 13.4. The molecule has 1 saturated heterocycles. The molecular weight excluding hydrogens is 272 g/mol. The molecule has 0 radical (unpaired) electrons. The van der Waals surface area contributed by atoms with Crippen molar-refractivity contribution >= 4 is 5.69 Å². The lowest BCUT2D eigenvalue weighted by molar-refractivity contribution is 0.225. The summed E-state index contributed by atoms with van der Waals surface area (Å²) >= 11 is 0. The Bertz CT molecular complexity index is 606. The maximum Gasteiger partial charge on any atom is 0.125 e. The number of hydrogen-bond donors (Lipinski definition) is 1. The number of ether oxygens (including phenoxy) is 1.